The standard InChI is InChI=1S/C19H18F3N3O2/c1-25-16-8-5-13(19(20,21)22)10-15(16)24-17(25)11-23-18(27)9-4-12-2-6-14(26)7-3-12/h2-3,5-8,10,26H,4,9,11H2,1H3,(H,23,27). The van der Waals surface area contributed by atoms with E-state index in [-0.39, 0.29) is 30.1 Å². The van der Waals surface area contributed by atoms with Crippen molar-refractivity contribution >= 4 is 16.9 Å². The first kappa shape index (κ1) is 18.8. The van der Waals surface area contributed by atoms with Crippen molar-refractivity contribution in [3.8, 4) is 5.75 Å². The second-order valence-electron chi connectivity index (χ2n) is 6.23. The van der Waals surface area contributed by atoms with Crippen molar-refractivity contribution in [3.63, 3.8) is 0 Å². The molecule has 0 atom stereocenters. The Morgan fingerprint density at radius 3 is 2.56 bits per heavy atom. The molecule has 0 bridgehead atoms. The highest BCUT2D eigenvalue weighted by Gasteiger charge is 2.31. The van der Waals surface area contributed by atoms with Crippen molar-refractivity contribution in [1.29, 1.82) is 0 Å². The van der Waals surface area contributed by atoms with Gasteiger partial charge in [-0.25, -0.2) is 4.98 Å². The third-order valence-electron chi connectivity index (χ3n) is 4.32. The number of amides is 1. The minimum Gasteiger partial charge on any atom is -0.508 e. The Bertz CT molecular complexity index is 963. The molecule has 1 aromatic heterocycles. The van der Waals surface area contributed by atoms with E-state index < -0.39 is 11.7 Å². The fourth-order valence-electron chi connectivity index (χ4n) is 2.77. The molecule has 1 amide bonds. The van der Waals surface area contributed by atoms with E-state index in [0.717, 1.165) is 17.7 Å². The zero-order valence-corrected chi connectivity index (χ0v) is 14.5. The van der Waals surface area contributed by atoms with Crippen LogP contribution in [0.25, 0.3) is 11.0 Å². The van der Waals surface area contributed by atoms with Crippen LogP contribution >= 0.6 is 0 Å². The lowest BCUT2D eigenvalue weighted by Gasteiger charge is -2.06. The summed E-state index contributed by atoms with van der Waals surface area (Å²) in [5, 5.41) is 12.0. The molecule has 0 saturated carbocycles. The van der Waals surface area contributed by atoms with Gasteiger partial charge in [-0.05, 0) is 42.3 Å². The predicted molar refractivity (Wildman–Crippen MR) is 94.0 cm³/mol. The second-order valence-corrected chi connectivity index (χ2v) is 6.23. The van der Waals surface area contributed by atoms with Gasteiger partial charge in [-0.2, -0.15) is 13.2 Å². The molecule has 0 radical (unpaired) electrons. The summed E-state index contributed by atoms with van der Waals surface area (Å²) in [6, 6.07) is 10.00. The average Bonchev–Trinajstić information content (AvgIpc) is 2.94. The van der Waals surface area contributed by atoms with E-state index in [2.05, 4.69) is 10.3 Å². The summed E-state index contributed by atoms with van der Waals surface area (Å²) in [6.45, 7) is 0.126. The fraction of sp³-hybridized carbons (Fsp3) is 0.263. The number of rotatable bonds is 5. The van der Waals surface area contributed by atoms with Crippen molar-refractivity contribution in [3.05, 3.63) is 59.4 Å². The normalized spacial score (nSPS) is 11.7. The summed E-state index contributed by atoms with van der Waals surface area (Å²) < 4.78 is 40.1. The number of imidazole rings is 1. The average molecular weight is 377 g/mol. The lowest BCUT2D eigenvalue weighted by atomic mass is 10.1. The van der Waals surface area contributed by atoms with Gasteiger partial charge in [0.15, 0.2) is 0 Å². The number of aromatic hydroxyl groups is 1. The number of carbonyl (C=O) groups is 1. The highest BCUT2D eigenvalue weighted by Crippen LogP contribution is 2.31. The van der Waals surface area contributed by atoms with Crippen molar-refractivity contribution in [2.45, 2.75) is 25.6 Å². The molecule has 0 aliphatic carbocycles. The van der Waals surface area contributed by atoms with Gasteiger partial charge in [-0.1, -0.05) is 12.1 Å². The Balaban J connectivity index is 1.63. The van der Waals surface area contributed by atoms with Gasteiger partial charge in [0.25, 0.3) is 0 Å². The van der Waals surface area contributed by atoms with Crippen LogP contribution in [0.15, 0.2) is 42.5 Å². The Labute approximate surface area is 153 Å². The minimum atomic E-state index is -4.42. The van der Waals surface area contributed by atoms with Crippen LogP contribution in [-0.4, -0.2) is 20.6 Å². The van der Waals surface area contributed by atoms with E-state index in [1.807, 2.05) is 0 Å². The number of aromatic nitrogens is 2. The summed E-state index contributed by atoms with van der Waals surface area (Å²) in [5.74, 6) is 0.451. The molecule has 1 heterocycles. The Hall–Kier alpha value is -3.03. The Kier molecular flexibility index (Phi) is 5.07. The smallest absolute Gasteiger partial charge is 0.416 e. The van der Waals surface area contributed by atoms with E-state index in [4.69, 9.17) is 0 Å². The molecule has 0 aliphatic heterocycles. The first-order valence-electron chi connectivity index (χ1n) is 8.31. The monoisotopic (exact) mass is 377 g/mol. The van der Waals surface area contributed by atoms with Crippen LogP contribution in [0.5, 0.6) is 5.75 Å². The van der Waals surface area contributed by atoms with Gasteiger partial charge < -0.3 is 15.0 Å². The van der Waals surface area contributed by atoms with Crippen LogP contribution in [-0.2, 0) is 31.0 Å². The molecule has 2 N–H and O–H groups in total. The molecule has 3 aromatic rings. The van der Waals surface area contributed by atoms with Gasteiger partial charge >= 0.3 is 6.18 Å². The summed E-state index contributed by atoms with van der Waals surface area (Å²) in [7, 11) is 1.69. The van der Waals surface area contributed by atoms with Gasteiger partial charge in [-0.15, -0.1) is 0 Å². The number of phenols is 1. The maximum absolute atomic E-state index is 12.8. The fourth-order valence-corrected chi connectivity index (χ4v) is 2.77. The van der Waals surface area contributed by atoms with E-state index in [0.29, 0.717) is 17.8 Å². The number of phenolic OH excluding ortho intramolecular Hbond substituents is 1. The first-order valence-corrected chi connectivity index (χ1v) is 8.31. The quantitative estimate of drug-likeness (QED) is 0.715. The van der Waals surface area contributed by atoms with Crippen molar-refractivity contribution in [1.82, 2.24) is 14.9 Å². The largest absolute Gasteiger partial charge is 0.508 e. The second kappa shape index (κ2) is 7.30. The van der Waals surface area contributed by atoms with Crippen LogP contribution in [0.1, 0.15) is 23.4 Å². The SMILES string of the molecule is Cn1c(CNC(=O)CCc2ccc(O)cc2)nc2cc(C(F)(F)F)ccc21. The number of halogens is 3. The van der Waals surface area contributed by atoms with Gasteiger partial charge in [0.05, 0.1) is 23.1 Å². The molecule has 142 valence electrons. The molecular weight excluding hydrogens is 359 g/mol. The number of hydrogen-bond acceptors (Lipinski definition) is 3. The minimum absolute atomic E-state index is 0.126. The van der Waals surface area contributed by atoms with Crippen molar-refractivity contribution in [2.75, 3.05) is 0 Å². The molecule has 3 rings (SSSR count). The van der Waals surface area contributed by atoms with Crippen LogP contribution in [0.4, 0.5) is 13.2 Å². The van der Waals surface area contributed by atoms with Crippen molar-refractivity contribution in [2.24, 2.45) is 7.05 Å². The van der Waals surface area contributed by atoms with Crippen LogP contribution < -0.4 is 5.32 Å². The molecule has 0 unspecified atom stereocenters. The molecule has 0 spiro atoms. The molecule has 8 heteroatoms. The lowest BCUT2D eigenvalue weighted by Crippen LogP contribution is -2.24. The Morgan fingerprint density at radius 1 is 1.19 bits per heavy atom. The van der Waals surface area contributed by atoms with E-state index >= 15 is 0 Å². The summed E-state index contributed by atoms with van der Waals surface area (Å²) in [6.07, 6.45) is -3.65. The number of alkyl halides is 3. The van der Waals surface area contributed by atoms with Crippen LogP contribution in [0.2, 0.25) is 0 Å². The molecular formula is C19H18F3N3O2. The summed E-state index contributed by atoms with van der Waals surface area (Å²) in [4.78, 5) is 16.2. The molecule has 0 saturated heterocycles. The topological polar surface area (TPSA) is 67.2 Å². The molecule has 0 fully saturated rings. The maximum Gasteiger partial charge on any atom is 0.416 e. The molecule has 27 heavy (non-hydrogen) atoms. The number of fused-ring (bicyclic) bond motifs is 1. The number of nitrogens with zero attached hydrogens (tertiary/aromatic N) is 2. The van der Waals surface area contributed by atoms with Crippen LogP contribution in [0.3, 0.4) is 0 Å². The number of nitrogens with one attached hydrogen (secondary N) is 1. The summed E-state index contributed by atoms with van der Waals surface area (Å²) >= 11 is 0. The van der Waals surface area contributed by atoms with E-state index in [9.17, 15) is 23.1 Å². The molecule has 5 nitrogen and oxygen atoms in total. The van der Waals surface area contributed by atoms with E-state index in [1.165, 1.54) is 6.07 Å². The summed E-state index contributed by atoms with van der Waals surface area (Å²) in [5.41, 5.74) is 0.972. The van der Waals surface area contributed by atoms with Crippen molar-refractivity contribution < 1.29 is 23.1 Å². The van der Waals surface area contributed by atoms with Gasteiger partial charge in [0.2, 0.25) is 5.91 Å². The number of benzene rings is 2. The third-order valence-corrected chi connectivity index (χ3v) is 4.32. The maximum atomic E-state index is 12.8. The zero-order valence-electron chi connectivity index (χ0n) is 14.5. The lowest BCUT2D eigenvalue weighted by molar-refractivity contribution is -0.137. The number of hydrogen-bond donors (Lipinski definition) is 2. The predicted octanol–water partition coefficient (Wildman–Crippen LogP) is 3.55. The Morgan fingerprint density at radius 2 is 1.89 bits per heavy atom. The van der Waals surface area contributed by atoms with Gasteiger partial charge in [0.1, 0.15) is 11.6 Å². The molecule has 2 aromatic carbocycles. The number of carbonyl (C=O) groups excluding carboxylic acids is 1. The highest BCUT2D eigenvalue weighted by atomic mass is 19.4. The number of aryl methyl sites for hydroxylation is 2. The van der Waals surface area contributed by atoms with Gasteiger partial charge in [-0.3, -0.25) is 4.79 Å². The molecule has 0 aliphatic rings. The third kappa shape index (κ3) is 4.39. The van der Waals surface area contributed by atoms with E-state index in [1.54, 1.807) is 35.9 Å². The van der Waals surface area contributed by atoms with Crippen LogP contribution in [0, 0.1) is 0 Å². The zero-order chi connectivity index (χ0) is 19.6. The first-order chi connectivity index (χ1) is 12.7. The highest BCUT2D eigenvalue weighted by molar-refractivity contribution is 5.78. The van der Waals surface area contributed by atoms with Gasteiger partial charge in [0, 0.05) is 13.5 Å².